The number of hydrogen-bond acceptors (Lipinski definition) is 5. The number of nitrogens with zero attached hydrogens (tertiary/aromatic N) is 1. The maximum absolute atomic E-state index is 12.3. The molecule has 0 saturated carbocycles. The highest BCUT2D eigenvalue weighted by Gasteiger charge is 2.28. The van der Waals surface area contributed by atoms with Crippen molar-refractivity contribution in [3.05, 3.63) is 22.3 Å². The summed E-state index contributed by atoms with van der Waals surface area (Å²) in [5.74, 6) is -0.754. The molecule has 0 aliphatic carbocycles. The van der Waals surface area contributed by atoms with Crippen molar-refractivity contribution >= 4 is 39.5 Å². The van der Waals surface area contributed by atoms with Gasteiger partial charge in [0.05, 0.1) is 5.56 Å². The number of carbonyl (C=O) groups excluding carboxylic acids is 3. The number of piperidine rings is 1. The Morgan fingerprint density at radius 2 is 2.29 bits per heavy atom. The summed E-state index contributed by atoms with van der Waals surface area (Å²) in [5.41, 5.74) is 0.343. The van der Waals surface area contributed by atoms with Crippen LogP contribution in [-0.2, 0) is 9.59 Å². The van der Waals surface area contributed by atoms with Gasteiger partial charge in [0, 0.05) is 23.6 Å². The Kier molecular flexibility index (Phi) is 4.89. The molecule has 0 spiro atoms. The van der Waals surface area contributed by atoms with E-state index in [-0.39, 0.29) is 12.3 Å². The molecule has 1 atom stereocenters. The number of nitrogens with one attached hydrogen (secondary N) is 3. The quantitative estimate of drug-likeness (QED) is 0.694. The number of amides is 3. The van der Waals surface area contributed by atoms with Gasteiger partial charge in [0.15, 0.2) is 0 Å². The second-order valence-corrected chi connectivity index (χ2v) is 5.47. The number of halogens is 1. The van der Waals surface area contributed by atoms with Crippen LogP contribution in [0, 0.1) is 0 Å². The summed E-state index contributed by atoms with van der Waals surface area (Å²) >= 11 is 3.27. The van der Waals surface area contributed by atoms with Crippen molar-refractivity contribution in [3.8, 4) is 0 Å². The number of pyridine rings is 1. The van der Waals surface area contributed by atoms with Gasteiger partial charge in [-0.2, -0.15) is 0 Å². The predicted octanol–water partition coefficient (Wildman–Crippen LogP) is 0.811. The van der Waals surface area contributed by atoms with Gasteiger partial charge in [-0.1, -0.05) is 0 Å². The summed E-state index contributed by atoms with van der Waals surface area (Å²) in [6.45, 7) is 2.51. The molecule has 1 unspecified atom stereocenters. The Labute approximate surface area is 130 Å². The van der Waals surface area contributed by atoms with Crippen LogP contribution in [0.3, 0.4) is 0 Å². The fraction of sp³-hybridized carbons (Fsp3) is 0.385. The first-order valence-corrected chi connectivity index (χ1v) is 7.34. The van der Waals surface area contributed by atoms with E-state index < -0.39 is 17.9 Å². The lowest BCUT2D eigenvalue weighted by Crippen LogP contribution is -2.52. The first-order chi connectivity index (χ1) is 10.0. The molecule has 1 aliphatic rings. The molecular formula is C13H15BrN4O3. The van der Waals surface area contributed by atoms with Gasteiger partial charge in [-0.15, -0.1) is 0 Å². The van der Waals surface area contributed by atoms with Gasteiger partial charge in [-0.05, 0) is 35.3 Å². The molecule has 1 aromatic rings. The van der Waals surface area contributed by atoms with Crippen molar-refractivity contribution in [2.24, 2.45) is 0 Å². The zero-order valence-corrected chi connectivity index (χ0v) is 13.0. The van der Waals surface area contributed by atoms with Gasteiger partial charge >= 0.3 is 0 Å². The van der Waals surface area contributed by atoms with E-state index in [1.807, 2.05) is 6.92 Å². The fourth-order valence-corrected chi connectivity index (χ4v) is 2.32. The Bertz CT molecular complexity index is 591. The molecule has 3 amide bonds. The molecule has 2 rings (SSSR count). The lowest BCUT2D eigenvalue weighted by Gasteiger charge is -2.22. The van der Waals surface area contributed by atoms with Crippen LogP contribution in [0.15, 0.2) is 16.7 Å². The maximum atomic E-state index is 12.3. The molecule has 7 nitrogen and oxygen atoms in total. The fourth-order valence-electron chi connectivity index (χ4n) is 1.99. The van der Waals surface area contributed by atoms with Gasteiger partial charge in [0.2, 0.25) is 11.8 Å². The average molecular weight is 355 g/mol. The van der Waals surface area contributed by atoms with E-state index in [4.69, 9.17) is 0 Å². The molecular weight excluding hydrogens is 340 g/mol. The summed E-state index contributed by atoms with van der Waals surface area (Å²) in [6, 6.07) is 0.926. The SMILES string of the molecule is CCNc1ncc(Br)cc1C(=O)NC1CCC(=O)NC1=O. The van der Waals surface area contributed by atoms with Crippen molar-refractivity contribution in [1.29, 1.82) is 0 Å². The van der Waals surface area contributed by atoms with Gasteiger partial charge < -0.3 is 10.6 Å². The van der Waals surface area contributed by atoms with Crippen LogP contribution < -0.4 is 16.0 Å². The zero-order valence-electron chi connectivity index (χ0n) is 11.4. The highest BCUT2D eigenvalue weighted by atomic mass is 79.9. The van der Waals surface area contributed by atoms with Crippen LogP contribution >= 0.6 is 15.9 Å². The largest absolute Gasteiger partial charge is 0.370 e. The molecule has 1 fully saturated rings. The summed E-state index contributed by atoms with van der Waals surface area (Å²) in [7, 11) is 0. The monoisotopic (exact) mass is 354 g/mol. The van der Waals surface area contributed by atoms with Crippen molar-refractivity contribution < 1.29 is 14.4 Å². The van der Waals surface area contributed by atoms with E-state index in [0.29, 0.717) is 28.8 Å². The Morgan fingerprint density at radius 1 is 1.52 bits per heavy atom. The molecule has 0 radical (unpaired) electrons. The summed E-state index contributed by atoms with van der Waals surface area (Å²) in [4.78, 5) is 39.2. The van der Waals surface area contributed by atoms with Crippen molar-refractivity contribution in [3.63, 3.8) is 0 Å². The number of rotatable bonds is 4. The topological polar surface area (TPSA) is 100 Å². The van der Waals surface area contributed by atoms with E-state index in [9.17, 15) is 14.4 Å². The molecule has 1 aliphatic heterocycles. The van der Waals surface area contributed by atoms with E-state index >= 15 is 0 Å². The molecule has 0 aromatic carbocycles. The van der Waals surface area contributed by atoms with Crippen molar-refractivity contribution in [1.82, 2.24) is 15.6 Å². The van der Waals surface area contributed by atoms with Gasteiger partial charge in [0.1, 0.15) is 11.9 Å². The van der Waals surface area contributed by atoms with Crippen LogP contribution in [-0.4, -0.2) is 35.3 Å². The van der Waals surface area contributed by atoms with Gasteiger partial charge in [-0.3, -0.25) is 19.7 Å². The maximum Gasteiger partial charge on any atom is 0.255 e. The summed E-state index contributed by atoms with van der Waals surface area (Å²) in [5, 5.41) is 7.82. The van der Waals surface area contributed by atoms with E-state index in [1.54, 1.807) is 12.3 Å². The normalized spacial score (nSPS) is 18.1. The molecule has 112 valence electrons. The lowest BCUT2D eigenvalue weighted by molar-refractivity contribution is -0.134. The number of aromatic nitrogens is 1. The third-order valence-corrected chi connectivity index (χ3v) is 3.42. The molecule has 21 heavy (non-hydrogen) atoms. The number of anilines is 1. The van der Waals surface area contributed by atoms with Gasteiger partial charge in [0.25, 0.3) is 5.91 Å². The summed E-state index contributed by atoms with van der Waals surface area (Å²) in [6.07, 6.45) is 2.10. The smallest absolute Gasteiger partial charge is 0.255 e. The van der Waals surface area contributed by atoms with Crippen LogP contribution in [0.2, 0.25) is 0 Å². The third kappa shape index (κ3) is 3.78. The zero-order chi connectivity index (χ0) is 15.4. The van der Waals surface area contributed by atoms with Crippen LogP contribution in [0.25, 0.3) is 0 Å². The minimum atomic E-state index is -0.705. The van der Waals surface area contributed by atoms with Crippen molar-refractivity contribution in [2.45, 2.75) is 25.8 Å². The first-order valence-electron chi connectivity index (χ1n) is 6.55. The first kappa shape index (κ1) is 15.4. The molecule has 1 aromatic heterocycles. The predicted molar refractivity (Wildman–Crippen MR) is 79.7 cm³/mol. The molecule has 1 saturated heterocycles. The second kappa shape index (κ2) is 6.66. The minimum absolute atomic E-state index is 0.216. The Morgan fingerprint density at radius 3 is 2.95 bits per heavy atom. The van der Waals surface area contributed by atoms with Gasteiger partial charge in [-0.25, -0.2) is 4.98 Å². The third-order valence-electron chi connectivity index (χ3n) is 2.99. The average Bonchev–Trinajstić information content (AvgIpc) is 2.44. The lowest BCUT2D eigenvalue weighted by atomic mass is 10.1. The molecule has 3 N–H and O–H groups in total. The minimum Gasteiger partial charge on any atom is -0.370 e. The van der Waals surface area contributed by atoms with Crippen molar-refractivity contribution in [2.75, 3.05) is 11.9 Å². The van der Waals surface area contributed by atoms with Crippen LogP contribution in [0.5, 0.6) is 0 Å². The van der Waals surface area contributed by atoms with Crippen LogP contribution in [0.1, 0.15) is 30.1 Å². The highest BCUT2D eigenvalue weighted by Crippen LogP contribution is 2.18. The van der Waals surface area contributed by atoms with E-state index in [1.165, 1.54) is 0 Å². The number of hydrogen-bond donors (Lipinski definition) is 3. The highest BCUT2D eigenvalue weighted by molar-refractivity contribution is 9.10. The number of carbonyl (C=O) groups is 3. The second-order valence-electron chi connectivity index (χ2n) is 4.56. The Balaban J connectivity index is 2.14. The molecule has 0 bridgehead atoms. The van der Waals surface area contributed by atoms with Crippen LogP contribution in [0.4, 0.5) is 5.82 Å². The summed E-state index contributed by atoms with van der Waals surface area (Å²) < 4.78 is 0.664. The molecule has 8 heteroatoms. The molecule has 2 heterocycles. The number of imide groups is 1. The van der Waals surface area contributed by atoms with E-state index in [0.717, 1.165) is 0 Å². The standard InChI is InChI=1S/C13H15BrN4O3/c1-2-15-11-8(5-7(14)6-16-11)12(20)17-9-3-4-10(19)18-13(9)21/h5-6,9H,2-4H2,1H3,(H,15,16)(H,17,20)(H,18,19,21). The van der Waals surface area contributed by atoms with E-state index in [2.05, 4.69) is 36.9 Å². The Hall–Kier alpha value is -1.96.